The first kappa shape index (κ1) is 23.9. The molecular formula is C24H26N4O4S2. The van der Waals surface area contributed by atoms with Crippen molar-refractivity contribution in [3.63, 3.8) is 0 Å². The maximum Gasteiger partial charge on any atom is 0.260 e. The normalized spacial score (nSPS) is 11.6. The third kappa shape index (κ3) is 5.13. The summed E-state index contributed by atoms with van der Waals surface area (Å²) in [5.41, 5.74) is 1.13. The van der Waals surface area contributed by atoms with Crippen LogP contribution in [0.5, 0.6) is 5.75 Å². The van der Waals surface area contributed by atoms with Crippen LogP contribution in [0.3, 0.4) is 0 Å². The van der Waals surface area contributed by atoms with E-state index in [9.17, 15) is 13.2 Å². The topological polar surface area (TPSA) is 94.4 Å². The molecular weight excluding hydrogens is 472 g/mol. The van der Waals surface area contributed by atoms with Crippen molar-refractivity contribution in [3.8, 4) is 5.75 Å². The molecule has 34 heavy (non-hydrogen) atoms. The van der Waals surface area contributed by atoms with E-state index in [1.807, 2.05) is 35.9 Å². The van der Waals surface area contributed by atoms with Crippen LogP contribution in [0.4, 0.5) is 5.13 Å². The van der Waals surface area contributed by atoms with Gasteiger partial charge in [0.1, 0.15) is 11.3 Å². The highest BCUT2D eigenvalue weighted by Gasteiger charge is 2.23. The molecule has 1 amide bonds. The minimum absolute atomic E-state index is 0.00847. The maximum absolute atomic E-state index is 13.5. The summed E-state index contributed by atoms with van der Waals surface area (Å²) in [6, 6.07) is 11.8. The highest BCUT2D eigenvalue weighted by molar-refractivity contribution is 7.91. The monoisotopic (exact) mass is 498 g/mol. The summed E-state index contributed by atoms with van der Waals surface area (Å²) >= 11 is 1.43. The molecule has 0 saturated carbocycles. The van der Waals surface area contributed by atoms with E-state index in [-0.39, 0.29) is 16.6 Å². The van der Waals surface area contributed by atoms with Crippen molar-refractivity contribution in [2.45, 2.75) is 31.7 Å². The molecule has 0 atom stereocenters. The number of aryl methyl sites for hydroxylation is 1. The van der Waals surface area contributed by atoms with E-state index in [2.05, 4.69) is 4.98 Å². The Morgan fingerprint density at radius 2 is 1.94 bits per heavy atom. The summed E-state index contributed by atoms with van der Waals surface area (Å²) in [5.74, 6) is 0.458. The Morgan fingerprint density at radius 3 is 2.62 bits per heavy atom. The Hall–Kier alpha value is -3.24. The number of amides is 1. The first-order valence-electron chi connectivity index (χ1n) is 11.1. The van der Waals surface area contributed by atoms with Gasteiger partial charge in [0.25, 0.3) is 5.91 Å². The molecule has 0 unspecified atom stereocenters. The van der Waals surface area contributed by atoms with Gasteiger partial charge in [-0.15, -0.1) is 0 Å². The molecule has 0 radical (unpaired) electrons. The van der Waals surface area contributed by atoms with E-state index in [0.29, 0.717) is 42.6 Å². The number of aromatic nitrogens is 3. The predicted molar refractivity (Wildman–Crippen MR) is 133 cm³/mol. The zero-order valence-electron chi connectivity index (χ0n) is 19.0. The number of thiazole rings is 1. The molecule has 178 valence electrons. The van der Waals surface area contributed by atoms with Gasteiger partial charge in [-0.1, -0.05) is 24.3 Å². The molecule has 2 aromatic heterocycles. The summed E-state index contributed by atoms with van der Waals surface area (Å²) in [7, 11) is -3.34. The van der Waals surface area contributed by atoms with Gasteiger partial charge in [0.15, 0.2) is 15.0 Å². The fourth-order valence-electron chi connectivity index (χ4n) is 3.54. The van der Waals surface area contributed by atoms with E-state index >= 15 is 0 Å². The van der Waals surface area contributed by atoms with Gasteiger partial charge in [0.2, 0.25) is 0 Å². The highest BCUT2D eigenvalue weighted by atomic mass is 32.2. The Bertz CT molecular complexity index is 1360. The van der Waals surface area contributed by atoms with E-state index in [1.165, 1.54) is 23.5 Å². The number of hydrogen-bond donors (Lipinski definition) is 0. The lowest BCUT2D eigenvalue weighted by Crippen LogP contribution is -2.32. The SMILES string of the molecule is CCOc1cccc2sc(N(CCCn3ccnc3)C(=O)c3ccc(S(=O)(=O)CC)cc3)nc12. The fourth-order valence-corrected chi connectivity index (χ4v) is 5.43. The number of benzene rings is 2. The zero-order valence-corrected chi connectivity index (χ0v) is 20.7. The number of para-hydroxylation sites is 1. The number of nitrogens with zero attached hydrogens (tertiary/aromatic N) is 4. The van der Waals surface area contributed by atoms with Crippen LogP contribution in [-0.4, -0.2) is 47.8 Å². The fraction of sp³-hybridized carbons (Fsp3) is 0.292. The van der Waals surface area contributed by atoms with Gasteiger partial charge in [0.05, 0.1) is 28.3 Å². The molecule has 0 aliphatic carbocycles. The van der Waals surface area contributed by atoms with Crippen molar-refractivity contribution in [1.29, 1.82) is 0 Å². The first-order valence-corrected chi connectivity index (χ1v) is 13.5. The third-order valence-electron chi connectivity index (χ3n) is 5.34. The molecule has 0 aliphatic rings. The van der Waals surface area contributed by atoms with Crippen LogP contribution in [0.15, 0.2) is 66.1 Å². The van der Waals surface area contributed by atoms with Crippen LogP contribution in [0.25, 0.3) is 10.2 Å². The van der Waals surface area contributed by atoms with Crippen LogP contribution >= 0.6 is 11.3 Å². The van der Waals surface area contributed by atoms with E-state index in [1.54, 1.807) is 36.5 Å². The number of imidazole rings is 1. The molecule has 4 aromatic rings. The Morgan fingerprint density at radius 1 is 1.15 bits per heavy atom. The third-order valence-corrected chi connectivity index (χ3v) is 8.14. The average Bonchev–Trinajstić information content (AvgIpc) is 3.52. The number of carbonyl (C=O) groups excluding carboxylic acids is 1. The summed E-state index contributed by atoms with van der Waals surface area (Å²) < 4.78 is 32.9. The lowest BCUT2D eigenvalue weighted by molar-refractivity contribution is 0.0986. The molecule has 0 spiro atoms. The van der Waals surface area contributed by atoms with E-state index in [0.717, 1.165) is 10.2 Å². The number of fused-ring (bicyclic) bond motifs is 1. The standard InChI is InChI=1S/C24H26N4O4S2/c1-3-32-20-7-5-8-21-22(20)26-24(33-21)28(15-6-14-27-16-13-25-17-27)23(29)18-9-11-19(12-10-18)34(30,31)4-2/h5,7-13,16-17H,3-4,6,14-15H2,1-2H3. The number of sulfone groups is 1. The smallest absolute Gasteiger partial charge is 0.260 e. The number of anilines is 1. The van der Waals surface area contributed by atoms with Gasteiger partial charge in [0, 0.05) is 31.0 Å². The van der Waals surface area contributed by atoms with Crippen LogP contribution in [0.1, 0.15) is 30.6 Å². The lowest BCUT2D eigenvalue weighted by Gasteiger charge is -2.20. The molecule has 0 fully saturated rings. The second-order valence-corrected chi connectivity index (χ2v) is 10.9. The molecule has 2 aromatic carbocycles. The van der Waals surface area contributed by atoms with Crippen LogP contribution < -0.4 is 9.64 Å². The Kier molecular flexibility index (Phi) is 7.28. The van der Waals surface area contributed by atoms with Crippen molar-refractivity contribution in [2.75, 3.05) is 23.8 Å². The number of ether oxygens (including phenoxy) is 1. The summed E-state index contributed by atoms with van der Waals surface area (Å²) in [6.07, 6.45) is 6.03. The van der Waals surface area contributed by atoms with E-state index < -0.39 is 9.84 Å². The minimum Gasteiger partial charge on any atom is -0.492 e. The quantitative estimate of drug-likeness (QED) is 0.321. The largest absolute Gasteiger partial charge is 0.492 e. The number of carbonyl (C=O) groups is 1. The molecule has 0 aliphatic heterocycles. The number of rotatable bonds is 10. The Balaban J connectivity index is 1.65. The van der Waals surface area contributed by atoms with Gasteiger partial charge in [-0.3, -0.25) is 9.69 Å². The summed E-state index contributed by atoms with van der Waals surface area (Å²) in [4.78, 5) is 24.2. The molecule has 10 heteroatoms. The summed E-state index contributed by atoms with van der Waals surface area (Å²) in [6.45, 7) is 5.18. The molecule has 0 saturated heterocycles. The molecule has 2 heterocycles. The van der Waals surface area contributed by atoms with Gasteiger partial charge >= 0.3 is 0 Å². The second-order valence-electron chi connectivity index (χ2n) is 7.57. The zero-order chi connectivity index (χ0) is 24.1. The van der Waals surface area contributed by atoms with Crippen molar-refractivity contribution >= 4 is 42.4 Å². The van der Waals surface area contributed by atoms with Crippen LogP contribution in [0, 0.1) is 0 Å². The van der Waals surface area contributed by atoms with Gasteiger partial charge in [-0.2, -0.15) is 0 Å². The molecule has 4 rings (SSSR count). The number of hydrogen-bond acceptors (Lipinski definition) is 7. The Labute approximate surface area is 202 Å². The molecule has 0 N–H and O–H groups in total. The van der Waals surface area contributed by atoms with Crippen LogP contribution in [-0.2, 0) is 16.4 Å². The maximum atomic E-state index is 13.5. The molecule has 8 nitrogen and oxygen atoms in total. The highest BCUT2D eigenvalue weighted by Crippen LogP contribution is 2.35. The van der Waals surface area contributed by atoms with Crippen molar-refractivity contribution < 1.29 is 17.9 Å². The second kappa shape index (κ2) is 10.4. The molecule has 0 bridgehead atoms. The summed E-state index contributed by atoms with van der Waals surface area (Å²) in [5, 5.41) is 0.572. The van der Waals surface area contributed by atoms with Gasteiger partial charge in [-0.25, -0.2) is 18.4 Å². The van der Waals surface area contributed by atoms with E-state index in [4.69, 9.17) is 9.72 Å². The lowest BCUT2D eigenvalue weighted by atomic mass is 10.2. The van der Waals surface area contributed by atoms with Crippen LogP contribution in [0.2, 0.25) is 0 Å². The average molecular weight is 499 g/mol. The van der Waals surface area contributed by atoms with Crippen molar-refractivity contribution in [3.05, 3.63) is 66.7 Å². The predicted octanol–water partition coefficient (Wildman–Crippen LogP) is 4.42. The van der Waals surface area contributed by atoms with Gasteiger partial charge in [-0.05, 0) is 49.7 Å². The van der Waals surface area contributed by atoms with Gasteiger partial charge < -0.3 is 9.30 Å². The van der Waals surface area contributed by atoms with Crippen molar-refractivity contribution in [1.82, 2.24) is 14.5 Å². The minimum atomic E-state index is -3.34. The van der Waals surface area contributed by atoms with Crippen molar-refractivity contribution in [2.24, 2.45) is 0 Å². The first-order chi connectivity index (χ1) is 16.4.